The van der Waals surface area contributed by atoms with Gasteiger partial charge in [0.15, 0.2) is 5.13 Å². The van der Waals surface area contributed by atoms with Gasteiger partial charge in [-0.1, -0.05) is 13.8 Å². The minimum absolute atomic E-state index is 0.172. The summed E-state index contributed by atoms with van der Waals surface area (Å²) in [5.41, 5.74) is 0.997. The molecule has 1 saturated heterocycles. The van der Waals surface area contributed by atoms with E-state index in [0.29, 0.717) is 12.8 Å². The molecule has 2 heterocycles. The number of carbonyl (C=O) groups excluding carboxylic acids is 1. The van der Waals surface area contributed by atoms with Gasteiger partial charge in [-0.3, -0.25) is 4.79 Å². The van der Waals surface area contributed by atoms with Gasteiger partial charge in [-0.05, 0) is 18.3 Å². The van der Waals surface area contributed by atoms with Crippen molar-refractivity contribution in [2.24, 2.45) is 11.8 Å². The van der Waals surface area contributed by atoms with Crippen molar-refractivity contribution in [2.45, 2.75) is 33.1 Å². The lowest BCUT2D eigenvalue weighted by Gasteiger charge is -2.34. The lowest BCUT2D eigenvalue weighted by Crippen LogP contribution is -2.38. The average Bonchev–Trinajstić information content (AvgIpc) is 2.83. The topological polar surface area (TPSA) is 42.4 Å². The molecule has 2 unspecified atom stereocenters. The molecular formula is C14H22N2O2S. The number of thiazole rings is 1. The zero-order chi connectivity index (χ0) is 13.8. The van der Waals surface area contributed by atoms with Crippen molar-refractivity contribution in [3.63, 3.8) is 0 Å². The number of aromatic nitrogens is 1. The van der Waals surface area contributed by atoms with E-state index in [2.05, 4.69) is 33.8 Å². The Bertz CT molecular complexity index is 423. The van der Waals surface area contributed by atoms with Gasteiger partial charge in [0.2, 0.25) is 0 Å². The van der Waals surface area contributed by atoms with E-state index in [1.54, 1.807) is 11.3 Å². The number of anilines is 1. The number of methoxy groups -OCH3 is 1. The van der Waals surface area contributed by atoms with Crippen LogP contribution in [-0.2, 0) is 16.0 Å². The van der Waals surface area contributed by atoms with Gasteiger partial charge >= 0.3 is 5.97 Å². The van der Waals surface area contributed by atoms with E-state index in [0.717, 1.165) is 35.8 Å². The van der Waals surface area contributed by atoms with Crippen LogP contribution in [0.3, 0.4) is 0 Å². The molecule has 4 nitrogen and oxygen atoms in total. The normalized spacial score (nSPS) is 23.4. The van der Waals surface area contributed by atoms with Crippen LogP contribution in [0.2, 0.25) is 0 Å². The molecule has 1 aromatic rings. The van der Waals surface area contributed by atoms with Crippen molar-refractivity contribution >= 4 is 22.4 Å². The van der Waals surface area contributed by atoms with Gasteiger partial charge < -0.3 is 9.64 Å². The minimum Gasteiger partial charge on any atom is -0.469 e. The van der Waals surface area contributed by atoms with Gasteiger partial charge in [-0.15, -0.1) is 11.3 Å². The van der Waals surface area contributed by atoms with Gasteiger partial charge in [0.25, 0.3) is 0 Å². The molecule has 0 radical (unpaired) electrons. The number of nitrogens with zero attached hydrogens (tertiary/aromatic N) is 2. The molecule has 0 bridgehead atoms. The first-order valence-corrected chi connectivity index (χ1v) is 7.72. The monoisotopic (exact) mass is 282 g/mol. The van der Waals surface area contributed by atoms with Crippen LogP contribution in [0, 0.1) is 11.8 Å². The predicted octanol–water partition coefficient (Wildman–Crippen LogP) is 2.73. The quantitative estimate of drug-likeness (QED) is 0.796. The fraction of sp³-hybridized carbons (Fsp3) is 0.714. The van der Waals surface area contributed by atoms with Gasteiger partial charge in [-0.25, -0.2) is 4.98 Å². The van der Waals surface area contributed by atoms with Gasteiger partial charge in [0, 0.05) is 24.9 Å². The molecule has 2 rings (SSSR count). The summed E-state index contributed by atoms with van der Waals surface area (Å²) >= 11 is 1.68. The SMILES string of the molecule is COC(=O)CCc1csc(N2CC(C)CC(C)C2)n1. The second-order valence-corrected chi connectivity index (χ2v) is 6.39. The first-order valence-electron chi connectivity index (χ1n) is 6.84. The molecule has 106 valence electrons. The van der Waals surface area contributed by atoms with Crippen molar-refractivity contribution in [2.75, 3.05) is 25.1 Å². The highest BCUT2D eigenvalue weighted by Crippen LogP contribution is 2.28. The third kappa shape index (κ3) is 3.93. The third-order valence-electron chi connectivity index (χ3n) is 3.49. The summed E-state index contributed by atoms with van der Waals surface area (Å²) in [5.74, 6) is 1.28. The Morgan fingerprint density at radius 1 is 1.47 bits per heavy atom. The Morgan fingerprint density at radius 3 is 2.79 bits per heavy atom. The van der Waals surface area contributed by atoms with Crippen molar-refractivity contribution in [1.29, 1.82) is 0 Å². The highest BCUT2D eigenvalue weighted by molar-refractivity contribution is 7.13. The smallest absolute Gasteiger partial charge is 0.305 e. The fourth-order valence-electron chi connectivity index (χ4n) is 2.71. The number of carbonyl (C=O) groups is 1. The van der Waals surface area contributed by atoms with Gasteiger partial charge in [-0.2, -0.15) is 0 Å². The van der Waals surface area contributed by atoms with Crippen LogP contribution >= 0.6 is 11.3 Å². The molecule has 5 heteroatoms. The summed E-state index contributed by atoms with van der Waals surface area (Å²) in [7, 11) is 1.42. The molecule has 1 aromatic heterocycles. The van der Waals surface area contributed by atoms with Crippen LogP contribution in [0.25, 0.3) is 0 Å². The summed E-state index contributed by atoms with van der Waals surface area (Å²) in [6.07, 6.45) is 2.38. The molecule has 0 aromatic carbocycles. The maximum Gasteiger partial charge on any atom is 0.305 e. The molecule has 19 heavy (non-hydrogen) atoms. The van der Waals surface area contributed by atoms with E-state index in [4.69, 9.17) is 0 Å². The number of esters is 1. The minimum atomic E-state index is -0.172. The lowest BCUT2D eigenvalue weighted by atomic mass is 9.92. The zero-order valence-corrected chi connectivity index (χ0v) is 12.7. The van der Waals surface area contributed by atoms with Crippen molar-refractivity contribution in [1.82, 2.24) is 4.98 Å². The van der Waals surface area contributed by atoms with Crippen LogP contribution in [0.15, 0.2) is 5.38 Å². The fourth-order valence-corrected chi connectivity index (χ4v) is 3.59. The summed E-state index contributed by atoms with van der Waals surface area (Å²) in [6, 6.07) is 0. The first-order chi connectivity index (χ1) is 9.08. The molecule has 1 aliphatic rings. The van der Waals surface area contributed by atoms with Crippen LogP contribution in [-0.4, -0.2) is 31.2 Å². The molecule has 1 aliphatic heterocycles. The molecule has 1 fully saturated rings. The van der Waals surface area contributed by atoms with E-state index in [1.165, 1.54) is 13.5 Å². The van der Waals surface area contributed by atoms with Crippen molar-refractivity contribution in [3.8, 4) is 0 Å². The standard InChI is InChI=1S/C14H22N2O2S/c1-10-6-11(2)8-16(7-10)14-15-12(9-19-14)4-5-13(17)18-3/h9-11H,4-8H2,1-3H3. The van der Waals surface area contributed by atoms with Crippen molar-refractivity contribution < 1.29 is 9.53 Å². The Balaban J connectivity index is 1.94. The zero-order valence-electron chi connectivity index (χ0n) is 11.9. The molecular weight excluding hydrogens is 260 g/mol. The van der Waals surface area contributed by atoms with E-state index >= 15 is 0 Å². The number of hydrogen-bond donors (Lipinski definition) is 0. The van der Waals surface area contributed by atoms with E-state index in [-0.39, 0.29) is 5.97 Å². The summed E-state index contributed by atoms with van der Waals surface area (Å²) in [4.78, 5) is 18.1. The van der Waals surface area contributed by atoms with Crippen LogP contribution in [0.1, 0.15) is 32.4 Å². The second kappa shape index (κ2) is 6.37. The molecule has 0 saturated carbocycles. The average molecular weight is 282 g/mol. The Morgan fingerprint density at radius 2 is 2.16 bits per heavy atom. The van der Waals surface area contributed by atoms with Crippen molar-refractivity contribution in [3.05, 3.63) is 11.1 Å². The molecule has 0 amide bonds. The number of ether oxygens (including phenoxy) is 1. The molecule has 0 spiro atoms. The number of aryl methyl sites for hydroxylation is 1. The van der Waals surface area contributed by atoms with Gasteiger partial charge in [0.1, 0.15) is 0 Å². The maximum atomic E-state index is 11.1. The Labute approximate surface area is 118 Å². The van der Waals surface area contributed by atoms with E-state index in [1.807, 2.05) is 0 Å². The first kappa shape index (κ1) is 14.3. The highest BCUT2D eigenvalue weighted by atomic mass is 32.1. The molecule has 2 atom stereocenters. The Hall–Kier alpha value is -1.10. The lowest BCUT2D eigenvalue weighted by molar-refractivity contribution is -0.140. The Kier molecular flexibility index (Phi) is 4.80. The number of rotatable bonds is 4. The summed E-state index contributed by atoms with van der Waals surface area (Å²) < 4.78 is 4.65. The largest absolute Gasteiger partial charge is 0.469 e. The molecule has 0 aliphatic carbocycles. The summed E-state index contributed by atoms with van der Waals surface area (Å²) in [5, 5.41) is 3.15. The summed E-state index contributed by atoms with van der Waals surface area (Å²) in [6.45, 7) is 6.78. The van der Waals surface area contributed by atoms with Crippen LogP contribution in [0.5, 0.6) is 0 Å². The van der Waals surface area contributed by atoms with Crippen LogP contribution < -0.4 is 4.90 Å². The number of hydrogen-bond acceptors (Lipinski definition) is 5. The molecule has 0 N–H and O–H groups in total. The van der Waals surface area contributed by atoms with Gasteiger partial charge in [0.05, 0.1) is 19.2 Å². The number of piperidine rings is 1. The third-order valence-corrected chi connectivity index (χ3v) is 4.44. The predicted molar refractivity (Wildman–Crippen MR) is 77.6 cm³/mol. The highest BCUT2D eigenvalue weighted by Gasteiger charge is 2.23. The van der Waals surface area contributed by atoms with E-state index < -0.39 is 0 Å². The van der Waals surface area contributed by atoms with E-state index in [9.17, 15) is 4.79 Å². The second-order valence-electron chi connectivity index (χ2n) is 5.55. The van der Waals surface area contributed by atoms with Crippen LogP contribution in [0.4, 0.5) is 5.13 Å². The maximum absolute atomic E-state index is 11.1.